The summed E-state index contributed by atoms with van der Waals surface area (Å²) in [7, 11) is 0. The van der Waals surface area contributed by atoms with Crippen LogP contribution in [-0.2, 0) is 19.1 Å². The van der Waals surface area contributed by atoms with Crippen LogP contribution in [-0.4, -0.2) is 24.3 Å². The molecule has 0 saturated carbocycles. The summed E-state index contributed by atoms with van der Waals surface area (Å²) in [5.41, 5.74) is 5.23. The molecule has 0 atom stereocenters. The van der Waals surface area contributed by atoms with Crippen LogP contribution >= 0.6 is 23.2 Å². The number of hydrogen-bond donors (Lipinski definition) is 1. The first-order valence-corrected chi connectivity index (χ1v) is 6.98. The van der Waals surface area contributed by atoms with Gasteiger partial charge in [0.1, 0.15) is 12.4 Å². The van der Waals surface area contributed by atoms with E-state index in [1.54, 1.807) is 12.1 Å². The lowest BCUT2D eigenvalue weighted by Crippen LogP contribution is -2.43. The van der Waals surface area contributed by atoms with Crippen molar-refractivity contribution >= 4 is 35.1 Å². The summed E-state index contributed by atoms with van der Waals surface area (Å²) in [5.74, 6) is -2.72. The van der Waals surface area contributed by atoms with E-state index in [1.165, 1.54) is 19.9 Å². The zero-order chi connectivity index (χ0) is 16.5. The number of carbonyl (C=O) groups is 2. The van der Waals surface area contributed by atoms with Crippen LogP contribution in [0.2, 0.25) is 10.0 Å². The molecule has 8 heteroatoms. The molecule has 0 amide bonds. The standard InChI is InChI=1S/C14H13Cl2NO5/c1-14(2)21-12(18)11(13(19)22-14)9(17)6-20-10-4-3-7(15)5-8(10)16/h3-5H,6,17H2,1-2H3. The number of hydrogen-bond acceptors (Lipinski definition) is 6. The van der Waals surface area contributed by atoms with E-state index in [9.17, 15) is 9.59 Å². The third kappa shape index (κ3) is 3.64. The Labute approximate surface area is 136 Å². The first-order chi connectivity index (χ1) is 10.2. The van der Waals surface area contributed by atoms with Gasteiger partial charge < -0.3 is 19.9 Å². The molecular weight excluding hydrogens is 333 g/mol. The number of rotatable bonds is 3. The van der Waals surface area contributed by atoms with Crippen molar-refractivity contribution in [3.63, 3.8) is 0 Å². The van der Waals surface area contributed by atoms with Crippen LogP contribution in [0.4, 0.5) is 0 Å². The number of halogens is 2. The molecule has 0 aliphatic carbocycles. The minimum absolute atomic E-state index is 0.114. The van der Waals surface area contributed by atoms with E-state index in [0.29, 0.717) is 10.8 Å². The molecule has 0 radical (unpaired) electrons. The van der Waals surface area contributed by atoms with Gasteiger partial charge in [-0.2, -0.15) is 0 Å². The maximum atomic E-state index is 11.8. The monoisotopic (exact) mass is 345 g/mol. The van der Waals surface area contributed by atoms with Crippen molar-refractivity contribution in [2.45, 2.75) is 19.6 Å². The van der Waals surface area contributed by atoms with Crippen molar-refractivity contribution in [1.29, 1.82) is 0 Å². The van der Waals surface area contributed by atoms with Crippen LogP contribution in [0.15, 0.2) is 29.5 Å². The van der Waals surface area contributed by atoms with Crippen LogP contribution in [0.25, 0.3) is 0 Å². The second kappa shape index (κ2) is 6.06. The largest absolute Gasteiger partial charge is 0.486 e. The zero-order valence-corrected chi connectivity index (χ0v) is 13.3. The number of ether oxygens (including phenoxy) is 3. The highest BCUT2D eigenvalue weighted by Gasteiger charge is 2.40. The Bertz CT molecular complexity index is 647. The highest BCUT2D eigenvalue weighted by Crippen LogP contribution is 2.28. The minimum atomic E-state index is -1.32. The second-order valence-corrected chi connectivity index (χ2v) is 5.79. The molecule has 22 heavy (non-hydrogen) atoms. The molecular formula is C14H13Cl2NO5. The van der Waals surface area contributed by atoms with Gasteiger partial charge in [-0.15, -0.1) is 0 Å². The molecule has 1 aliphatic heterocycles. The lowest BCUT2D eigenvalue weighted by atomic mass is 10.2. The molecule has 1 aromatic rings. The van der Waals surface area contributed by atoms with E-state index in [4.69, 9.17) is 43.1 Å². The Kier molecular flexibility index (Phi) is 4.53. The second-order valence-electron chi connectivity index (χ2n) is 4.94. The summed E-state index contributed by atoms with van der Waals surface area (Å²) < 4.78 is 15.3. The van der Waals surface area contributed by atoms with Gasteiger partial charge in [0.15, 0.2) is 5.57 Å². The van der Waals surface area contributed by atoms with Gasteiger partial charge in [-0.05, 0) is 18.2 Å². The average molecular weight is 346 g/mol. The van der Waals surface area contributed by atoms with Gasteiger partial charge in [0, 0.05) is 18.9 Å². The molecule has 1 saturated heterocycles. The molecule has 2 rings (SSSR count). The fourth-order valence-electron chi connectivity index (χ4n) is 1.73. The van der Waals surface area contributed by atoms with Crippen LogP contribution in [0.5, 0.6) is 5.75 Å². The smallest absolute Gasteiger partial charge is 0.350 e. The first kappa shape index (κ1) is 16.5. The van der Waals surface area contributed by atoms with E-state index < -0.39 is 17.7 Å². The summed E-state index contributed by atoms with van der Waals surface area (Å²) in [4.78, 5) is 23.6. The molecule has 118 valence electrons. The zero-order valence-electron chi connectivity index (χ0n) is 11.8. The molecule has 0 unspecified atom stereocenters. The molecule has 0 aromatic heterocycles. The molecule has 6 nitrogen and oxygen atoms in total. The van der Waals surface area contributed by atoms with Gasteiger partial charge in [-0.1, -0.05) is 23.2 Å². The van der Waals surface area contributed by atoms with E-state index in [2.05, 4.69) is 0 Å². The summed E-state index contributed by atoms with van der Waals surface area (Å²) in [6.45, 7) is 2.65. The SMILES string of the molecule is CC1(C)OC(=O)C(=C(N)COc2ccc(Cl)cc2Cl)C(=O)O1. The van der Waals surface area contributed by atoms with E-state index >= 15 is 0 Å². The number of carbonyl (C=O) groups excluding carboxylic acids is 2. The number of nitrogens with two attached hydrogens (primary N) is 1. The van der Waals surface area contributed by atoms with Crippen LogP contribution in [0.1, 0.15) is 13.8 Å². The lowest BCUT2D eigenvalue weighted by molar-refractivity contribution is -0.222. The van der Waals surface area contributed by atoms with E-state index in [-0.39, 0.29) is 22.9 Å². The van der Waals surface area contributed by atoms with Gasteiger partial charge in [-0.3, -0.25) is 0 Å². The van der Waals surface area contributed by atoms with Crippen LogP contribution in [0, 0.1) is 0 Å². The average Bonchev–Trinajstić information content (AvgIpc) is 2.35. The fraction of sp³-hybridized carbons (Fsp3) is 0.286. The summed E-state index contributed by atoms with van der Waals surface area (Å²) in [5, 5.41) is 0.727. The molecule has 1 fully saturated rings. The molecule has 1 aliphatic rings. The molecule has 0 spiro atoms. The van der Waals surface area contributed by atoms with E-state index in [0.717, 1.165) is 0 Å². The summed E-state index contributed by atoms with van der Waals surface area (Å²) >= 11 is 11.7. The van der Waals surface area contributed by atoms with Gasteiger partial charge in [0.2, 0.25) is 0 Å². The minimum Gasteiger partial charge on any atom is -0.486 e. The fourth-order valence-corrected chi connectivity index (χ4v) is 2.20. The maximum absolute atomic E-state index is 11.8. The lowest BCUT2D eigenvalue weighted by Gasteiger charge is -2.30. The number of cyclic esters (lactones) is 2. The predicted octanol–water partition coefficient (Wildman–Crippen LogP) is 2.42. The van der Waals surface area contributed by atoms with Crippen LogP contribution in [0.3, 0.4) is 0 Å². The van der Waals surface area contributed by atoms with Gasteiger partial charge >= 0.3 is 11.9 Å². The Balaban J connectivity index is 2.15. The maximum Gasteiger partial charge on any atom is 0.350 e. The van der Waals surface area contributed by atoms with Crippen molar-refractivity contribution in [1.82, 2.24) is 0 Å². The van der Waals surface area contributed by atoms with Crippen molar-refractivity contribution in [2.75, 3.05) is 6.61 Å². The molecule has 2 N–H and O–H groups in total. The normalized spacial score (nSPS) is 16.8. The third-order valence-corrected chi connectivity index (χ3v) is 3.21. The van der Waals surface area contributed by atoms with Gasteiger partial charge in [-0.25, -0.2) is 9.59 Å². The highest BCUT2D eigenvalue weighted by atomic mass is 35.5. The summed E-state index contributed by atoms with van der Waals surface area (Å²) in [6.07, 6.45) is 0. The number of esters is 2. The van der Waals surface area contributed by atoms with Crippen LogP contribution < -0.4 is 10.5 Å². The summed E-state index contributed by atoms with van der Waals surface area (Å²) in [6, 6.07) is 4.62. The van der Waals surface area contributed by atoms with E-state index in [1.807, 2.05) is 0 Å². The molecule has 1 heterocycles. The van der Waals surface area contributed by atoms with Crippen molar-refractivity contribution in [2.24, 2.45) is 5.73 Å². The Morgan fingerprint density at radius 2 is 1.82 bits per heavy atom. The van der Waals surface area contributed by atoms with Crippen molar-refractivity contribution < 1.29 is 23.8 Å². The molecule has 0 bridgehead atoms. The Morgan fingerprint density at radius 1 is 1.23 bits per heavy atom. The highest BCUT2D eigenvalue weighted by molar-refractivity contribution is 6.35. The van der Waals surface area contributed by atoms with Crippen molar-refractivity contribution in [3.05, 3.63) is 39.5 Å². The Hall–Kier alpha value is -1.92. The van der Waals surface area contributed by atoms with Crippen molar-refractivity contribution in [3.8, 4) is 5.75 Å². The quantitative estimate of drug-likeness (QED) is 0.514. The Morgan fingerprint density at radius 3 is 2.36 bits per heavy atom. The number of benzene rings is 1. The van der Waals surface area contributed by atoms with Gasteiger partial charge in [0.25, 0.3) is 5.79 Å². The first-order valence-electron chi connectivity index (χ1n) is 6.23. The third-order valence-electron chi connectivity index (χ3n) is 2.68. The molecule has 1 aromatic carbocycles. The van der Waals surface area contributed by atoms with Gasteiger partial charge in [0.05, 0.1) is 10.7 Å². The topological polar surface area (TPSA) is 87.9 Å². The predicted molar refractivity (Wildman–Crippen MR) is 79.4 cm³/mol.